The lowest BCUT2D eigenvalue weighted by atomic mass is 10.3. The van der Waals surface area contributed by atoms with E-state index in [2.05, 4.69) is 4.99 Å². The molecule has 0 spiro atoms. The highest BCUT2D eigenvalue weighted by atomic mass is 16.3. The minimum absolute atomic E-state index is 0.217. The van der Waals surface area contributed by atoms with Gasteiger partial charge in [0.15, 0.2) is 0 Å². The van der Waals surface area contributed by atoms with Gasteiger partial charge in [-0.05, 0) is 26.3 Å². The Kier molecular flexibility index (Phi) is 15.1. The van der Waals surface area contributed by atoms with E-state index in [1.807, 2.05) is 39.8 Å². The Bertz CT molecular complexity index is 119. The van der Waals surface area contributed by atoms with Crippen LogP contribution in [0.4, 0.5) is 0 Å². The van der Waals surface area contributed by atoms with Crippen LogP contribution in [-0.4, -0.2) is 24.0 Å². The van der Waals surface area contributed by atoms with Crippen LogP contribution in [0.2, 0.25) is 0 Å². The smallest absolute Gasteiger partial charge is 0.0493 e. The van der Waals surface area contributed by atoms with Crippen molar-refractivity contribution in [3.63, 3.8) is 0 Å². The van der Waals surface area contributed by atoms with Gasteiger partial charge in [-0.3, -0.25) is 4.99 Å². The maximum absolute atomic E-state index is 8.50. The van der Waals surface area contributed by atoms with Gasteiger partial charge >= 0.3 is 0 Å². The SMILES string of the molecule is C/C=C\C=NC(C)CCO.CC. The highest BCUT2D eigenvalue weighted by Gasteiger charge is 1.92. The maximum Gasteiger partial charge on any atom is 0.0493 e. The average Bonchev–Trinajstić information content (AvgIpc) is 2.09. The number of rotatable bonds is 4. The van der Waals surface area contributed by atoms with E-state index < -0.39 is 0 Å². The summed E-state index contributed by atoms with van der Waals surface area (Å²) in [5.74, 6) is 0. The minimum atomic E-state index is 0.217. The normalized spacial score (nSPS) is 13.1. The predicted octanol–water partition coefficient (Wildman–Crippen LogP) is 2.43. The Morgan fingerprint density at radius 1 is 1.42 bits per heavy atom. The van der Waals surface area contributed by atoms with E-state index in [9.17, 15) is 0 Å². The van der Waals surface area contributed by atoms with Crippen molar-refractivity contribution in [3.8, 4) is 0 Å². The summed E-state index contributed by atoms with van der Waals surface area (Å²) in [7, 11) is 0. The fourth-order valence-corrected chi connectivity index (χ4v) is 0.544. The molecular weight excluding hydrogens is 150 g/mol. The molecule has 0 saturated heterocycles. The van der Waals surface area contributed by atoms with Crippen molar-refractivity contribution in [2.24, 2.45) is 4.99 Å². The van der Waals surface area contributed by atoms with Crippen molar-refractivity contribution in [1.82, 2.24) is 0 Å². The Labute approximate surface area is 76.0 Å². The fourth-order valence-electron chi connectivity index (χ4n) is 0.544. The predicted molar refractivity (Wildman–Crippen MR) is 55.8 cm³/mol. The lowest BCUT2D eigenvalue weighted by molar-refractivity contribution is 0.279. The number of nitrogens with zero attached hydrogens (tertiary/aromatic N) is 1. The van der Waals surface area contributed by atoms with E-state index in [1.54, 1.807) is 6.21 Å². The average molecular weight is 171 g/mol. The van der Waals surface area contributed by atoms with Gasteiger partial charge in [-0.2, -0.15) is 0 Å². The first-order valence-corrected chi connectivity index (χ1v) is 4.56. The summed E-state index contributed by atoms with van der Waals surface area (Å²) in [5.41, 5.74) is 0. The summed E-state index contributed by atoms with van der Waals surface area (Å²) in [6.45, 7) is 8.15. The molecule has 0 aromatic rings. The molecule has 0 heterocycles. The van der Waals surface area contributed by atoms with Crippen molar-refractivity contribution in [2.45, 2.75) is 40.2 Å². The zero-order valence-corrected chi connectivity index (χ0v) is 8.62. The van der Waals surface area contributed by atoms with Crippen LogP contribution in [0, 0.1) is 0 Å². The second kappa shape index (κ2) is 13.0. The second-order valence-corrected chi connectivity index (χ2v) is 2.19. The van der Waals surface area contributed by atoms with Gasteiger partial charge in [0.05, 0.1) is 0 Å². The molecule has 0 bridgehead atoms. The molecule has 0 aromatic carbocycles. The number of aliphatic hydroxyl groups excluding tert-OH is 1. The number of allylic oxidation sites excluding steroid dienone is 2. The first-order chi connectivity index (χ1) is 5.81. The summed E-state index contributed by atoms with van der Waals surface area (Å²) >= 11 is 0. The maximum atomic E-state index is 8.50. The molecule has 2 heteroatoms. The summed E-state index contributed by atoms with van der Waals surface area (Å²) in [5, 5.41) is 8.50. The largest absolute Gasteiger partial charge is 0.396 e. The molecule has 2 nitrogen and oxygen atoms in total. The van der Waals surface area contributed by atoms with Crippen molar-refractivity contribution < 1.29 is 5.11 Å². The van der Waals surface area contributed by atoms with Crippen LogP contribution in [0.15, 0.2) is 17.1 Å². The summed E-state index contributed by atoms with van der Waals surface area (Å²) < 4.78 is 0. The first-order valence-electron chi connectivity index (χ1n) is 4.56. The van der Waals surface area contributed by atoms with Crippen molar-refractivity contribution in [1.29, 1.82) is 0 Å². The summed E-state index contributed by atoms with van der Waals surface area (Å²) in [6.07, 6.45) is 6.32. The number of aliphatic hydroxyl groups is 1. The number of aliphatic imine (C=N–C) groups is 1. The van der Waals surface area contributed by atoms with E-state index in [0.29, 0.717) is 0 Å². The van der Waals surface area contributed by atoms with Crippen LogP contribution in [0.5, 0.6) is 0 Å². The van der Waals surface area contributed by atoms with Crippen molar-refractivity contribution in [2.75, 3.05) is 6.61 Å². The summed E-state index contributed by atoms with van der Waals surface area (Å²) in [6, 6.07) is 0.237. The van der Waals surface area contributed by atoms with Crippen LogP contribution in [0.25, 0.3) is 0 Å². The molecule has 0 fully saturated rings. The van der Waals surface area contributed by atoms with Crippen LogP contribution < -0.4 is 0 Å². The van der Waals surface area contributed by atoms with Crippen LogP contribution in [-0.2, 0) is 0 Å². The Morgan fingerprint density at radius 2 is 2.00 bits per heavy atom. The Balaban J connectivity index is 0. The van der Waals surface area contributed by atoms with Crippen LogP contribution >= 0.6 is 0 Å². The van der Waals surface area contributed by atoms with Gasteiger partial charge in [0, 0.05) is 18.9 Å². The number of hydrogen-bond acceptors (Lipinski definition) is 2. The third-order valence-electron chi connectivity index (χ3n) is 1.17. The van der Waals surface area contributed by atoms with Gasteiger partial charge in [-0.15, -0.1) is 0 Å². The monoisotopic (exact) mass is 171 g/mol. The molecule has 12 heavy (non-hydrogen) atoms. The summed E-state index contributed by atoms with van der Waals surface area (Å²) in [4.78, 5) is 4.13. The highest BCUT2D eigenvalue weighted by Crippen LogP contribution is 1.93. The lowest BCUT2D eigenvalue weighted by Gasteiger charge is -1.99. The quantitative estimate of drug-likeness (QED) is 0.647. The van der Waals surface area contributed by atoms with Gasteiger partial charge in [0.1, 0.15) is 0 Å². The van der Waals surface area contributed by atoms with E-state index in [1.165, 1.54) is 0 Å². The van der Waals surface area contributed by atoms with Crippen LogP contribution in [0.3, 0.4) is 0 Å². The standard InChI is InChI=1S/C8H15NO.C2H6/c1-3-4-6-9-8(2)5-7-10;1-2/h3-4,6,8,10H,5,7H2,1-2H3;1-2H3/b4-3-,9-6?;. The molecule has 1 atom stereocenters. The molecule has 0 amide bonds. The lowest BCUT2D eigenvalue weighted by Crippen LogP contribution is -2.00. The molecule has 0 saturated carbocycles. The molecule has 0 aliphatic rings. The second-order valence-electron chi connectivity index (χ2n) is 2.19. The first kappa shape index (κ1) is 13.9. The molecular formula is C10H21NO. The number of hydrogen-bond donors (Lipinski definition) is 1. The van der Waals surface area contributed by atoms with E-state index in [4.69, 9.17) is 5.11 Å². The van der Waals surface area contributed by atoms with E-state index in [-0.39, 0.29) is 12.6 Å². The van der Waals surface area contributed by atoms with E-state index >= 15 is 0 Å². The molecule has 0 aliphatic heterocycles. The molecule has 0 radical (unpaired) electrons. The third kappa shape index (κ3) is 12.1. The third-order valence-corrected chi connectivity index (χ3v) is 1.17. The molecule has 0 rings (SSSR count). The molecule has 0 aromatic heterocycles. The minimum Gasteiger partial charge on any atom is -0.396 e. The molecule has 72 valence electrons. The molecule has 1 unspecified atom stereocenters. The Hall–Kier alpha value is -0.630. The van der Waals surface area contributed by atoms with Gasteiger partial charge < -0.3 is 5.11 Å². The van der Waals surface area contributed by atoms with Crippen molar-refractivity contribution in [3.05, 3.63) is 12.2 Å². The fraction of sp³-hybridized carbons (Fsp3) is 0.700. The van der Waals surface area contributed by atoms with Gasteiger partial charge in [-0.1, -0.05) is 19.9 Å². The molecule has 0 aliphatic carbocycles. The zero-order chi connectivity index (χ0) is 9.82. The van der Waals surface area contributed by atoms with E-state index in [0.717, 1.165) is 6.42 Å². The van der Waals surface area contributed by atoms with Crippen molar-refractivity contribution >= 4 is 6.21 Å². The van der Waals surface area contributed by atoms with Gasteiger partial charge in [0.2, 0.25) is 0 Å². The Morgan fingerprint density at radius 3 is 2.42 bits per heavy atom. The van der Waals surface area contributed by atoms with Gasteiger partial charge in [0.25, 0.3) is 0 Å². The topological polar surface area (TPSA) is 32.6 Å². The molecule has 1 N–H and O–H groups in total. The highest BCUT2D eigenvalue weighted by molar-refractivity contribution is 5.70. The zero-order valence-electron chi connectivity index (χ0n) is 8.62. The van der Waals surface area contributed by atoms with Gasteiger partial charge in [-0.25, -0.2) is 0 Å². The van der Waals surface area contributed by atoms with Crippen LogP contribution in [0.1, 0.15) is 34.1 Å².